The van der Waals surface area contributed by atoms with Crippen molar-refractivity contribution < 1.29 is 51.5 Å². The second-order valence-electron chi connectivity index (χ2n) is 11.7. The number of hydrogen-bond acceptors (Lipinski definition) is 8. The van der Waals surface area contributed by atoms with Crippen molar-refractivity contribution in [3.8, 4) is 5.75 Å². The number of carbonyl (C=O) groups is 1. The molecule has 4 rings (SSSR count). The highest BCUT2D eigenvalue weighted by molar-refractivity contribution is 5.78. The Morgan fingerprint density at radius 3 is 2.36 bits per heavy atom. The second kappa shape index (κ2) is 17.3. The topological polar surface area (TPSA) is 92.7 Å². The highest BCUT2D eigenvalue weighted by Crippen LogP contribution is 2.36. The smallest absolute Gasteiger partial charge is 0.416 e. The van der Waals surface area contributed by atoms with Gasteiger partial charge in [0.25, 0.3) is 5.79 Å². The van der Waals surface area contributed by atoms with E-state index in [0.717, 1.165) is 44.2 Å². The Morgan fingerprint density at radius 2 is 1.73 bits per heavy atom. The van der Waals surface area contributed by atoms with Crippen molar-refractivity contribution in [3.05, 3.63) is 59.9 Å². The predicted molar refractivity (Wildman–Crippen MR) is 159 cm³/mol. The molecule has 250 valence electrons. The summed E-state index contributed by atoms with van der Waals surface area (Å²) < 4.78 is 73.2. The lowest BCUT2D eigenvalue weighted by Gasteiger charge is -2.38. The molecule has 2 unspecified atom stereocenters. The van der Waals surface area contributed by atoms with Crippen molar-refractivity contribution in [2.24, 2.45) is 11.8 Å². The fourth-order valence-electron chi connectivity index (χ4n) is 5.90. The molecule has 0 aromatic heterocycles. The van der Waals surface area contributed by atoms with Gasteiger partial charge in [0.05, 0.1) is 25.4 Å². The lowest BCUT2D eigenvalue weighted by atomic mass is 9.91. The normalized spacial score (nSPS) is 27.0. The first-order valence-corrected chi connectivity index (χ1v) is 15.9. The van der Waals surface area contributed by atoms with Crippen LogP contribution in [0.25, 0.3) is 0 Å². The number of benzene rings is 1. The number of aliphatic hydroxyl groups is 1. The Morgan fingerprint density at radius 1 is 1.02 bits per heavy atom. The van der Waals surface area contributed by atoms with E-state index < -0.39 is 42.2 Å². The highest BCUT2D eigenvalue weighted by atomic mass is 19.4. The van der Waals surface area contributed by atoms with Crippen molar-refractivity contribution >= 4 is 5.97 Å². The number of esters is 1. The number of hydrogen-bond donors (Lipinski definition) is 1. The molecule has 0 spiro atoms. The number of alkyl halides is 3. The van der Waals surface area contributed by atoms with Gasteiger partial charge >= 0.3 is 12.1 Å². The van der Waals surface area contributed by atoms with Gasteiger partial charge in [-0.25, -0.2) is 4.79 Å². The summed E-state index contributed by atoms with van der Waals surface area (Å²) in [5, 5.41) is 10.6. The van der Waals surface area contributed by atoms with Crippen LogP contribution in [0.15, 0.2) is 54.3 Å². The van der Waals surface area contributed by atoms with Crippen LogP contribution in [0.1, 0.15) is 76.2 Å². The number of aliphatic hydroxyl groups excluding tert-OH is 1. The number of rotatable bonds is 14. The number of methoxy groups -OCH3 is 1. The van der Waals surface area contributed by atoms with Gasteiger partial charge < -0.3 is 33.5 Å². The lowest BCUT2D eigenvalue weighted by molar-refractivity contribution is -0.350. The predicted octanol–water partition coefficient (Wildman–Crippen LogP) is 6.86. The molecule has 1 aliphatic carbocycles. The number of allylic oxidation sites excluding steroid dienone is 1. The summed E-state index contributed by atoms with van der Waals surface area (Å²) in [7, 11) is 1.29. The fourth-order valence-corrected chi connectivity index (χ4v) is 5.90. The third-order valence-electron chi connectivity index (χ3n) is 8.35. The van der Waals surface area contributed by atoms with Crippen LogP contribution in [0.5, 0.6) is 5.75 Å². The first kappa shape index (κ1) is 35.2. The Kier molecular flexibility index (Phi) is 13.5. The van der Waals surface area contributed by atoms with Crippen molar-refractivity contribution in [2.45, 2.75) is 101 Å². The molecule has 0 bridgehead atoms. The first-order chi connectivity index (χ1) is 21.7. The van der Waals surface area contributed by atoms with Crippen molar-refractivity contribution in [3.63, 3.8) is 0 Å². The first-order valence-electron chi connectivity index (χ1n) is 15.9. The van der Waals surface area contributed by atoms with Crippen LogP contribution in [0, 0.1) is 11.8 Å². The zero-order valence-electron chi connectivity index (χ0n) is 25.8. The van der Waals surface area contributed by atoms with E-state index in [0.29, 0.717) is 45.3 Å². The summed E-state index contributed by atoms with van der Waals surface area (Å²) in [6, 6.07) is 4.83. The number of carbonyl (C=O) groups excluding carboxylic acids is 1. The Hall–Kier alpha value is -2.66. The molecule has 2 aliphatic heterocycles. The molecule has 2 heterocycles. The summed E-state index contributed by atoms with van der Waals surface area (Å²) in [5.41, 5.74) is 2.39. The molecular weight excluding hydrogens is 593 g/mol. The molecule has 1 saturated carbocycles. The van der Waals surface area contributed by atoms with Crippen molar-refractivity contribution in [1.29, 1.82) is 0 Å². The Bertz CT molecular complexity index is 1130. The molecule has 0 radical (unpaired) electrons. The quantitative estimate of drug-likeness (QED) is 0.0777. The second-order valence-corrected chi connectivity index (χ2v) is 11.7. The summed E-state index contributed by atoms with van der Waals surface area (Å²) in [5.74, 6) is -2.12. The van der Waals surface area contributed by atoms with Gasteiger partial charge in [0.2, 0.25) is 0 Å². The molecule has 45 heavy (non-hydrogen) atoms. The third-order valence-corrected chi connectivity index (χ3v) is 8.35. The minimum Gasteiger partial charge on any atom is -0.493 e. The summed E-state index contributed by atoms with van der Waals surface area (Å²) >= 11 is 0. The zero-order valence-corrected chi connectivity index (χ0v) is 25.8. The van der Waals surface area contributed by atoms with Crippen LogP contribution in [0.4, 0.5) is 13.2 Å². The van der Waals surface area contributed by atoms with Crippen LogP contribution in [0.3, 0.4) is 0 Å². The maximum absolute atomic E-state index is 13.1. The highest BCUT2D eigenvalue weighted by Gasteiger charge is 2.47. The molecular formula is C34H45F3O8. The molecule has 2 saturated heterocycles. The van der Waals surface area contributed by atoms with E-state index in [1.165, 1.54) is 19.2 Å². The van der Waals surface area contributed by atoms with Gasteiger partial charge in [-0.05, 0) is 106 Å². The van der Waals surface area contributed by atoms with E-state index in [1.807, 2.05) is 18.2 Å². The molecule has 1 N–H and O–H groups in total. The van der Waals surface area contributed by atoms with Gasteiger partial charge in [0.1, 0.15) is 5.75 Å². The molecule has 8 nitrogen and oxygen atoms in total. The van der Waals surface area contributed by atoms with Gasteiger partial charge in [-0.3, -0.25) is 0 Å². The van der Waals surface area contributed by atoms with Gasteiger partial charge in [-0.15, -0.1) is 5.73 Å². The van der Waals surface area contributed by atoms with Gasteiger partial charge in [-0.2, -0.15) is 13.2 Å². The number of halogens is 3. The molecule has 5 atom stereocenters. The van der Waals surface area contributed by atoms with Gasteiger partial charge in [-0.1, -0.05) is 18.2 Å². The molecule has 0 amide bonds. The lowest BCUT2D eigenvalue weighted by Crippen LogP contribution is -2.51. The average molecular weight is 639 g/mol. The minimum absolute atomic E-state index is 0.0179. The van der Waals surface area contributed by atoms with Crippen molar-refractivity contribution in [2.75, 3.05) is 26.9 Å². The average Bonchev–Trinajstić information content (AvgIpc) is 3.39. The zero-order chi connectivity index (χ0) is 32.1. The molecule has 3 fully saturated rings. The van der Waals surface area contributed by atoms with Crippen LogP contribution in [-0.2, 0) is 34.7 Å². The van der Waals surface area contributed by atoms with Crippen LogP contribution in [-0.4, -0.2) is 62.5 Å². The Labute approximate surface area is 263 Å². The molecule has 3 aliphatic rings. The van der Waals surface area contributed by atoms with Crippen molar-refractivity contribution in [1.82, 2.24) is 0 Å². The van der Waals surface area contributed by atoms with E-state index in [2.05, 4.69) is 5.73 Å². The maximum Gasteiger partial charge on any atom is 0.416 e. The monoisotopic (exact) mass is 638 g/mol. The number of ether oxygens (including phenoxy) is 6. The SMILES string of the molecule is COC(=O)C(CC=C=CC[C@H]1[C@@H](O)CC[C@@H]1/C=C/CCOc1cccc(C(F)(F)F)c1)(OC1CCCCO1)OC1CCCCO1. The van der Waals surface area contributed by atoms with E-state index in [4.69, 9.17) is 28.4 Å². The third kappa shape index (κ3) is 10.7. The largest absolute Gasteiger partial charge is 0.493 e. The summed E-state index contributed by atoms with van der Waals surface area (Å²) in [6.07, 6.45) is 9.03. The van der Waals surface area contributed by atoms with E-state index >= 15 is 0 Å². The summed E-state index contributed by atoms with van der Waals surface area (Å²) in [6.45, 7) is 1.32. The van der Waals surface area contributed by atoms with E-state index in [1.54, 1.807) is 6.08 Å². The van der Waals surface area contributed by atoms with E-state index in [9.17, 15) is 23.1 Å². The molecule has 11 heteroatoms. The minimum atomic E-state index is -4.42. The molecule has 1 aromatic rings. The molecule has 1 aromatic carbocycles. The Balaban J connectivity index is 1.33. The van der Waals surface area contributed by atoms with Gasteiger partial charge in [0, 0.05) is 19.6 Å². The maximum atomic E-state index is 13.1. The van der Waals surface area contributed by atoms with E-state index in [-0.39, 0.29) is 30.6 Å². The van der Waals surface area contributed by atoms with Crippen LogP contribution in [0.2, 0.25) is 0 Å². The summed E-state index contributed by atoms with van der Waals surface area (Å²) in [4.78, 5) is 13.1. The van der Waals surface area contributed by atoms with Crippen LogP contribution >= 0.6 is 0 Å². The standard InChI is InChI=1S/C34H45F3O8/c1-40-32(39)33(44-30-16-5-9-22-42-30,45-31-17-6-10-23-43-31)20-7-2-3-15-28-25(18-19-29(28)38)12-4-8-21-41-27-14-11-13-26(24-27)34(35,36)37/h3-4,7,11-14,24-25,28-31,38H,5-6,8-10,15-23H2,1H3/b12-4+/t2?,25-,28+,29-,30?,31?,33?/m0/s1. The fraction of sp³-hybridized carbons (Fsp3) is 0.647. The van der Waals surface area contributed by atoms with Crippen LogP contribution < -0.4 is 4.74 Å². The van der Waals surface area contributed by atoms with Gasteiger partial charge in [0.15, 0.2) is 12.6 Å².